The number of rotatable bonds is 4. The van der Waals surface area contributed by atoms with E-state index in [0.29, 0.717) is 0 Å². The van der Waals surface area contributed by atoms with Crippen LogP contribution >= 0.6 is 22.7 Å². The number of nitrogens with zero attached hydrogens (tertiary/aromatic N) is 6. The van der Waals surface area contributed by atoms with E-state index in [0.717, 1.165) is 35.1 Å². The Hall–Kier alpha value is -2.34. The Kier molecular flexibility index (Phi) is 3.29. The molecular weight excluding hydrogens is 284 g/mol. The topological polar surface area (TPSA) is 137 Å². The Morgan fingerprint density at radius 2 is 1.33 bits per heavy atom. The zero-order valence-corrected chi connectivity index (χ0v) is 9.92. The molecule has 0 spiro atoms. The Balaban J connectivity index is 2.13. The summed E-state index contributed by atoms with van der Waals surface area (Å²) in [6.07, 6.45) is 2.12. The summed E-state index contributed by atoms with van der Waals surface area (Å²) in [7, 11) is 0. The Labute approximate surface area is 106 Å². The highest BCUT2D eigenvalue weighted by molar-refractivity contribution is 7.18. The van der Waals surface area contributed by atoms with Crippen molar-refractivity contribution in [3.05, 3.63) is 32.6 Å². The quantitative estimate of drug-likeness (QED) is 0.481. The van der Waals surface area contributed by atoms with Gasteiger partial charge in [-0.25, -0.2) is 9.97 Å². The summed E-state index contributed by atoms with van der Waals surface area (Å²) in [4.78, 5) is 26.9. The van der Waals surface area contributed by atoms with Crippen LogP contribution in [-0.2, 0) is 0 Å². The summed E-state index contributed by atoms with van der Waals surface area (Å²) in [5.41, 5.74) is 0. The minimum absolute atomic E-state index is 0.0829. The Bertz CT molecular complexity index is 579. The van der Waals surface area contributed by atoms with E-state index in [1.807, 2.05) is 0 Å². The van der Waals surface area contributed by atoms with Gasteiger partial charge in [-0.05, 0) is 22.7 Å². The van der Waals surface area contributed by atoms with Crippen molar-refractivity contribution < 1.29 is 9.85 Å². The SMILES string of the molecule is O=[N+]([O-])c1cnc(/N=N/c2ncc([N+](=O)[O-])s2)s1. The second-order valence-electron chi connectivity index (χ2n) is 2.68. The van der Waals surface area contributed by atoms with Crippen LogP contribution in [0.5, 0.6) is 0 Å². The van der Waals surface area contributed by atoms with Crippen molar-refractivity contribution in [1.29, 1.82) is 0 Å². The third kappa shape index (κ3) is 2.67. The molecule has 0 saturated heterocycles. The number of hydrogen-bond donors (Lipinski definition) is 0. The van der Waals surface area contributed by atoms with E-state index in [9.17, 15) is 20.2 Å². The molecule has 92 valence electrons. The number of aromatic nitrogens is 2. The molecule has 0 aliphatic heterocycles. The Morgan fingerprint density at radius 1 is 0.944 bits per heavy atom. The van der Waals surface area contributed by atoms with Gasteiger partial charge in [0, 0.05) is 0 Å². The maximum absolute atomic E-state index is 10.4. The van der Waals surface area contributed by atoms with Gasteiger partial charge in [0.2, 0.25) is 10.3 Å². The van der Waals surface area contributed by atoms with Crippen molar-refractivity contribution in [1.82, 2.24) is 9.97 Å². The average Bonchev–Trinajstić information content (AvgIpc) is 2.95. The molecule has 2 rings (SSSR count). The molecule has 0 atom stereocenters. The van der Waals surface area contributed by atoms with Gasteiger partial charge in [-0.15, -0.1) is 10.2 Å². The van der Waals surface area contributed by atoms with Gasteiger partial charge < -0.3 is 0 Å². The van der Waals surface area contributed by atoms with E-state index in [-0.39, 0.29) is 20.3 Å². The van der Waals surface area contributed by atoms with Gasteiger partial charge in [0.05, 0.1) is 9.85 Å². The van der Waals surface area contributed by atoms with E-state index in [1.165, 1.54) is 0 Å². The highest BCUT2D eigenvalue weighted by Crippen LogP contribution is 2.31. The van der Waals surface area contributed by atoms with Gasteiger partial charge in [0.25, 0.3) is 0 Å². The number of azo groups is 1. The lowest BCUT2D eigenvalue weighted by Crippen LogP contribution is -1.80. The highest BCUT2D eigenvalue weighted by Gasteiger charge is 2.13. The van der Waals surface area contributed by atoms with Gasteiger partial charge in [0.15, 0.2) is 0 Å². The molecule has 2 aromatic rings. The molecule has 0 aliphatic carbocycles. The normalized spacial score (nSPS) is 10.9. The van der Waals surface area contributed by atoms with Crippen molar-refractivity contribution in [3.63, 3.8) is 0 Å². The fraction of sp³-hybridized carbons (Fsp3) is 0. The first kappa shape index (κ1) is 12.1. The van der Waals surface area contributed by atoms with Crippen LogP contribution in [0.4, 0.5) is 20.3 Å². The van der Waals surface area contributed by atoms with Crippen LogP contribution < -0.4 is 0 Å². The van der Waals surface area contributed by atoms with Crippen LogP contribution in [0.15, 0.2) is 22.6 Å². The molecule has 18 heavy (non-hydrogen) atoms. The van der Waals surface area contributed by atoms with Crippen LogP contribution in [0.2, 0.25) is 0 Å². The molecule has 0 N–H and O–H groups in total. The number of hydrogen-bond acceptors (Lipinski definition) is 10. The molecule has 0 fully saturated rings. The molecule has 0 aromatic carbocycles. The van der Waals surface area contributed by atoms with Crippen LogP contribution in [0, 0.1) is 20.2 Å². The summed E-state index contributed by atoms with van der Waals surface area (Å²) in [5.74, 6) is 0. The lowest BCUT2D eigenvalue weighted by molar-refractivity contribution is -0.380. The molecule has 0 unspecified atom stereocenters. The summed E-state index contributed by atoms with van der Waals surface area (Å²) in [6, 6.07) is 0. The molecule has 2 aromatic heterocycles. The molecule has 0 radical (unpaired) electrons. The zero-order valence-electron chi connectivity index (χ0n) is 8.29. The zero-order chi connectivity index (χ0) is 13.1. The molecular formula is C6H2N6O4S2. The lowest BCUT2D eigenvalue weighted by Gasteiger charge is -1.80. The molecule has 0 bridgehead atoms. The summed E-state index contributed by atoms with van der Waals surface area (Å²) in [5, 5.41) is 27.8. The number of nitro groups is 2. The van der Waals surface area contributed by atoms with Gasteiger partial charge in [-0.1, -0.05) is 0 Å². The molecule has 2 heterocycles. The van der Waals surface area contributed by atoms with Crippen molar-refractivity contribution in [2.24, 2.45) is 10.2 Å². The van der Waals surface area contributed by atoms with Gasteiger partial charge >= 0.3 is 10.0 Å². The molecule has 0 aliphatic rings. The van der Waals surface area contributed by atoms with Crippen LogP contribution in [-0.4, -0.2) is 19.8 Å². The molecule has 0 saturated carbocycles. The standard InChI is InChI=1S/C6H2N6O4S2/c13-11(14)3-1-7-5(17-3)9-10-6-8-2-4(18-6)12(15)16/h1-2H/b10-9+. The van der Waals surface area contributed by atoms with Gasteiger partial charge in [0.1, 0.15) is 12.4 Å². The first-order chi connectivity index (χ1) is 8.56. The minimum atomic E-state index is -0.592. The van der Waals surface area contributed by atoms with Crippen LogP contribution in [0.1, 0.15) is 0 Å². The van der Waals surface area contributed by atoms with Crippen LogP contribution in [0.25, 0.3) is 0 Å². The maximum Gasteiger partial charge on any atom is 0.345 e. The number of thiazole rings is 2. The summed E-state index contributed by atoms with van der Waals surface area (Å²) >= 11 is 1.49. The van der Waals surface area contributed by atoms with E-state index >= 15 is 0 Å². The van der Waals surface area contributed by atoms with Gasteiger partial charge in [-0.2, -0.15) is 0 Å². The minimum Gasteiger partial charge on any atom is -0.257 e. The van der Waals surface area contributed by atoms with Crippen molar-refractivity contribution in [3.8, 4) is 0 Å². The van der Waals surface area contributed by atoms with Crippen molar-refractivity contribution >= 4 is 42.9 Å². The fourth-order valence-corrected chi connectivity index (χ4v) is 1.97. The molecule has 0 amide bonds. The van der Waals surface area contributed by atoms with E-state index in [1.54, 1.807) is 0 Å². The van der Waals surface area contributed by atoms with Gasteiger partial charge in [-0.3, -0.25) is 20.2 Å². The highest BCUT2D eigenvalue weighted by atomic mass is 32.1. The second kappa shape index (κ2) is 4.89. The van der Waals surface area contributed by atoms with E-state index < -0.39 is 9.85 Å². The fourth-order valence-electron chi connectivity index (χ4n) is 0.860. The van der Waals surface area contributed by atoms with E-state index in [4.69, 9.17) is 0 Å². The maximum atomic E-state index is 10.4. The first-order valence-electron chi connectivity index (χ1n) is 4.18. The van der Waals surface area contributed by atoms with Crippen molar-refractivity contribution in [2.75, 3.05) is 0 Å². The third-order valence-corrected chi connectivity index (χ3v) is 3.21. The largest absolute Gasteiger partial charge is 0.345 e. The monoisotopic (exact) mass is 286 g/mol. The molecule has 12 heteroatoms. The van der Waals surface area contributed by atoms with Crippen molar-refractivity contribution in [2.45, 2.75) is 0 Å². The average molecular weight is 286 g/mol. The lowest BCUT2D eigenvalue weighted by atomic mass is 10.9. The predicted molar refractivity (Wildman–Crippen MR) is 61.7 cm³/mol. The molecule has 10 nitrogen and oxygen atoms in total. The summed E-state index contributed by atoms with van der Waals surface area (Å²) in [6.45, 7) is 0. The summed E-state index contributed by atoms with van der Waals surface area (Å²) < 4.78 is 0. The third-order valence-electron chi connectivity index (χ3n) is 1.54. The smallest absolute Gasteiger partial charge is 0.257 e. The van der Waals surface area contributed by atoms with E-state index in [2.05, 4.69) is 20.2 Å². The Morgan fingerprint density at radius 3 is 1.61 bits per heavy atom. The van der Waals surface area contributed by atoms with Crippen LogP contribution in [0.3, 0.4) is 0 Å². The predicted octanol–water partition coefficient (Wildman–Crippen LogP) is 2.83. The first-order valence-corrected chi connectivity index (χ1v) is 5.82. The second-order valence-corrected chi connectivity index (χ2v) is 4.65.